The summed E-state index contributed by atoms with van der Waals surface area (Å²) in [4.78, 5) is -0.109. The van der Waals surface area contributed by atoms with Gasteiger partial charge in [-0.3, -0.25) is 0 Å². The first-order chi connectivity index (χ1) is 11.6. The first-order valence-corrected chi connectivity index (χ1v) is 10.7. The van der Waals surface area contributed by atoms with Crippen LogP contribution in [0, 0.1) is 0 Å². The molecule has 0 spiro atoms. The highest BCUT2D eigenvalue weighted by molar-refractivity contribution is 7.92. The Bertz CT molecular complexity index is 729. The highest BCUT2D eigenvalue weighted by Crippen LogP contribution is 2.26. The SMILES string of the molecule is CC(C)(C)[S@@](=O)N[C@@H]([C@@H]1CCC=CO1)[C@H](F)S(=O)(=O)c1ccccc1. The summed E-state index contributed by atoms with van der Waals surface area (Å²) in [7, 11) is -5.89. The monoisotopic (exact) mass is 389 g/mol. The Hall–Kier alpha value is -1.25. The van der Waals surface area contributed by atoms with E-state index >= 15 is 4.39 Å². The van der Waals surface area contributed by atoms with Gasteiger partial charge in [-0.2, -0.15) is 0 Å². The number of benzene rings is 1. The molecule has 2 rings (SSSR count). The van der Waals surface area contributed by atoms with Crippen molar-refractivity contribution in [3.8, 4) is 0 Å². The first-order valence-electron chi connectivity index (χ1n) is 8.05. The van der Waals surface area contributed by atoms with Crippen LogP contribution in [-0.4, -0.2) is 35.0 Å². The van der Waals surface area contributed by atoms with Crippen LogP contribution >= 0.6 is 0 Å². The molecule has 5 nitrogen and oxygen atoms in total. The summed E-state index contributed by atoms with van der Waals surface area (Å²) >= 11 is 0. The van der Waals surface area contributed by atoms with Crippen LogP contribution in [0.25, 0.3) is 0 Å². The quantitative estimate of drug-likeness (QED) is 0.812. The smallest absolute Gasteiger partial charge is 0.224 e. The molecular formula is C17H24FNO4S2. The van der Waals surface area contributed by atoms with E-state index in [9.17, 15) is 12.6 Å². The molecule has 8 heteroatoms. The molecule has 140 valence electrons. The van der Waals surface area contributed by atoms with E-state index in [1.54, 1.807) is 32.9 Å². The average molecular weight is 390 g/mol. The predicted molar refractivity (Wildman–Crippen MR) is 96.6 cm³/mol. The Kier molecular flexibility index (Phi) is 6.40. The van der Waals surface area contributed by atoms with Crippen LogP contribution in [0.1, 0.15) is 33.6 Å². The van der Waals surface area contributed by atoms with E-state index in [1.807, 2.05) is 0 Å². The Morgan fingerprint density at radius 1 is 1.28 bits per heavy atom. The average Bonchev–Trinajstić information content (AvgIpc) is 2.59. The lowest BCUT2D eigenvalue weighted by molar-refractivity contribution is 0.0764. The molecule has 0 bridgehead atoms. The van der Waals surface area contributed by atoms with Crippen LogP contribution in [0.2, 0.25) is 0 Å². The predicted octanol–water partition coefficient (Wildman–Crippen LogP) is 2.87. The lowest BCUT2D eigenvalue weighted by atomic mass is 10.1. The summed E-state index contributed by atoms with van der Waals surface area (Å²) in [5.41, 5.74) is -2.28. The lowest BCUT2D eigenvalue weighted by Crippen LogP contribution is -2.53. The van der Waals surface area contributed by atoms with Gasteiger partial charge >= 0.3 is 0 Å². The van der Waals surface area contributed by atoms with E-state index in [2.05, 4.69) is 4.72 Å². The Morgan fingerprint density at radius 3 is 2.44 bits per heavy atom. The van der Waals surface area contributed by atoms with Crippen molar-refractivity contribution >= 4 is 20.8 Å². The van der Waals surface area contributed by atoms with Crippen LogP contribution in [0.5, 0.6) is 0 Å². The van der Waals surface area contributed by atoms with Crippen molar-refractivity contribution in [2.24, 2.45) is 0 Å². The van der Waals surface area contributed by atoms with Crippen LogP contribution in [0.3, 0.4) is 0 Å². The summed E-state index contributed by atoms with van der Waals surface area (Å²) < 4.78 is 60.4. The molecule has 0 amide bonds. The van der Waals surface area contributed by atoms with Crippen LogP contribution in [0.4, 0.5) is 4.39 Å². The van der Waals surface area contributed by atoms with Crippen LogP contribution in [0.15, 0.2) is 47.6 Å². The van der Waals surface area contributed by atoms with Crippen molar-refractivity contribution in [3.63, 3.8) is 0 Å². The minimum atomic E-state index is -4.25. The number of rotatable bonds is 6. The number of alkyl halides is 1. The van der Waals surface area contributed by atoms with E-state index in [0.29, 0.717) is 12.8 Å². The summed E-state index contributed by atoms with van der Waals surface area (Å²) in [6.07, 6.45) is 3.59. The molecule has 0 aliphatic carbocycles. The second-order valence-electron chi connectivity index (χ2n) is 6.86. The van der Waals surface area contributed by atoms with Gasteiger partial charge in [0, 0.05) is 0 Å². The molecular weight excluding hydrogens is 365 g/mol. The summed E-state index contributed by atoms with van der Waals surface area (Å²) in [5, 5.41) is 0. The Morgan fingerprint density at radius 2 is 1.92 bits per heavy atom. The van der Waals surface area contributed by atoms with E-state index in [1.165, 1.54) is 30.5 Å². The zero-order valence-electron chi connectivity index (χ0n) is 14.5. The Balaban J connectivity index is 2.33. The van der Waals surface area contributed by atoms with Gasteiger partial charge in [0.15, 0.2) is 0 Å². The van der Waals surface area contributed by atoms with Crippen molar-refractivity contribution in [1.29, 1.82) is 0 Å². The zero-order valence-corrected chi connectivity index (χ0v) is 16.1. The number of nitrogens with one attached hydrogen (secondary N) is 1. The normalized spacial score (nSPS) is 22.0. The van der Waals surface area contributed by atoms with Gasteiger partial charge < -0.3 is 4.74 Å². The zero-order chi connectivity index (χ0) is 18.7. The van der Waals surface area contributed by atoms with Gasteiger partial charge in [-0.05, 0) is 51.8 Å². The third-order valence-corrected chi connectivity index (χ3v) is 7.23. The molecule has 0 saturated heterocycles. The second kappa shape index (κ2) is 7.97. The van der Waals surface area contributed by atoms with E-state index in [0.717, 1.165) is 0 Å². The molecule has 0 unspecified atom stereocenters. The summed E-state index contributed by atoms with van der Waals surface area (Å²) in [6.45, 7) is 5.19. The maximum Gasteiger partial charge on any atom is 0.224 e. The number of ether oxygens (including phenoxy) is 1. The fourth-order valence-electron chi connectivity index (χ4n) is 2.35. The molecule has 0 saturated carbocycles. The van der Waals surface area contributed by atoms with Crippen LogP contribution in [-0.2, 0) is 25.6 Å². The molecule has 1 aliphatic heterocycles. The van der Waals surface area contributed by atoms with E-state index in [4.69, 9.17) is 4.74 Å². The molecule has 1 aromatic rings. The van der Waals surface area contributed by atoms with Gasteiger partial charge in [0.25, 0.3) is 0 Å². The number of sulfone groups is 1. The van der Waals surface area contributed by atoms with E-state index in [-0.39, 0.29) is 4.90 Å². The van der Waals surface area contributed by atoms with Gasteiger partial charge in [0.05, 0.1) is 26.9 Å². The largest absolute Gasteiger partial charge is 0.497 e. The topological polar surface area (TPSA) is 72.5 Å². The third kappa shape index (κ3) is 4.89. The van der Waals surface area contributed by atoms with Crippen molar-refractivity contribution in [3.05, 3.63) is 42.7 Å². The molecule has 25 heavy (non-hydrogen) atoms. The van der Waals surface area contributed by atoms with Crippen molar-refractivity contribution in [2.75, 3.05) is 0 Å². The van der Waals surface area contributed by atoms with Gasteiger partial charge in [0.2, 0.25) is 15.3 Å². The lowest BCUT2D eigenvalue weighted by Gasteiger charge is -2.32. The molecule has 0 radical (unpaired) electrons. The number of hydrogen-bond acceptors (Lipinski definition) is 4. The third-order valence-electron chi connectivity index (χ3n) is 3.82. The van der Waals surface area contributed by atoms with Gasteiger partial charge in [-0.1, -0.05) is 18.2 Å². The Labute approximate surface area is 151 Å². The van der Waals surface area contributed by atoms with Gasteiger partial charge in [0.1, 0.15) is 12.1 Å². The van der Waals surface area contributed by atoms with Crippen molar-refractivity contribution in [1.82, 2.24) is 4.72 Å². The minimum Gasteiger partial charge on any atom is -0.497 e. The molecule has 1 aromatic carbocycles. The fraction of sp³-hybridized carbons (Fsp3) is 0.529. The highest BCUT2D eigenvalue weighted by Gasteiger charge is 2.42. The molecule has 1 N–H and O–H groups in total. The van der Waals surface area contributed by atoms with Gasteiger partial charge in [-0.25, -0.2) is 21.7 Å². The maximum absolute atomic E-state index is 15.2. The molecule has 0 aromatic heterocycles. The highest BCUT2D eigenvalue weighted by atomic mass is 32.2. The maximum atomic E-state index is 15.2. The minimum absolute atomic E-state index is 0.109. The van der Waals surface area contributed by atoms with E-state index < -0.39 is 43.2 Å². The van der Waals surface area contributed by atoms with Crippen molar-refractivity contribution < 1.29 is 21.8 Å². The summed E-state index contributed by atoms with van der Waals surface area (Å²) in [5.74, 6) is 0. The molecule has 1 heterocycles. The second-order valence-corrected chi connectivity index (χ2v) is 10.9. The molecule has 0 fully saturated rings. The standard InChI is InChI=1S/C17H24FNO4S2/c1-17(2,3)24(20)19-15(14-11-7-8-12-23-14)16(18)25(21,22)13-9-5-4-6-10-13/h4-6,8-10,12,14-16,19H,7,11H2,1-3H3/t14-,15-,16+,24+/m0/s1. The number of allylic oxidation sites excluding steroid dienone is 1. The van der Waals surface area contributed by atoms with Crippen molar-refractivity contribution in [2.45, 2.75) is 60.9 Å². The first kappa shape index (κ1) is 20.1. The van der Waals surface area contributed by atoms with Crippen LogP contribution < -0.4 is 4.72 Å². The van der Waals surface area contributed by atoms with Gasteiger partial charge in [-0.15, -0.1) is 0 Å². The fourth-order valence-corrected chi connectivity index (χ4v) is 4.73. The molecule has 1 aliphatic rings. The molecule has 4 atom stereocenters. The summed E-state index contributed by atoms with van der Waals surface area (Å²) in [6, 6.07) is 6.19. The number of halogens is 1. The number of hydrogen-bond donors (Lipinski definition) is 1.